The van der Waals surface area contributed by atoms with Gasteiger partial charge in [-0.15, -0.1) is 11.3 Å². The number of anilines is 1. The van der Waals surface area contributed by atoms with Crippen LogP contribution in [-0.2, 0) is 11.3 Å². The number of morpholine rings is 1. The van der Waals surface area contributed by atoms with E-state index < -0.39 is 5.91 Å². The van der Waals surface area contributed by atoms with Gasteiger partial charge in [-0.2, -0.15) is 0 Å². The highest BCUT2D eigenvalue weighted by molar-refractivity contribution is 7.13. The van der Waals surface area contributed by atoms with Gasteiger partial charge in [0.15, 0.2) is 16.3 Å². The summed E-state index contributed by atoms with van der Waals surface area (Å²) >= 11 is 1.35. The number of para-hydroxylation sites is 1. The molecule has 2 aromatic heterocycles. The Morgan fingerprint density at radius 1 is 1.27 bits per heavy atom. The van der Waals surface area contributed by atoms with E-state index in [1.807, 2.05) is 5.38 Å². The average molecular weight is 371 g/mol. The van der Waals surface area contributed by atoms with Gasteiger partial charge in [0.05, 0.1) is 24.3 Å². The highest BCUT2D eigenvalue weighted by atomic mass is 32.1. The van der Waals surface area contributed by atoms with Crippen molar-refractivity contribution in [3.63, 3.8) is 0 Å². The molecule has 7 nitrogen and oxygen atoms in total. The molecule has 0 radical (unpaired) electrons. The Hall–Kier alpha value is -2.55. The lowest BCUT2D eigenvalue weighted by molar-refractivity contribution is 0.0337. The first-order valence-corrected chi connectivity index (χ1v) is 9.16. The van der Waals surface area contributed by atoms with Gasteiger partial charge in [-0.3, -0.25) is 19.8 Å². The second-order valence-electron chi connectivity index (χ2n) is 5.96. The molecule has 134 valence electrons. The van der Waals surface area contributed by atoms with Crippen molar-refractivity contribution in [2.45, 2.75) is 6.54 Å². The van der Waals surface area contributed by atoms with E-state index >= 15 is 0 Å². The molecule has 1 saturated heterocycles. The SMILES string of the molecule is O=C(Nc1nc(CN2CCOCC2)cs1)c1cc(=O)c2ccccc2o1. The minimum Gasteiger partial charge on any atom is -0.451 e. The fourth-order valence-electron chi connectivity index (χ4n) is 2.80. The molecule has 26 heavy (non-hydrogen) atoms. The summed E-state index contributed by atoms with van der Waals surface area (Å²) < 4.78 is 10.9. The quantitative estimate of drug-likeness (QED) is 0.758. The molecule has 1 aliphatic rings. The van der Waals surface area contributed by atoms with Crippen LogP contribution in [0.15, 0.2) is 44.9 Å². The van der Waals surface area contributed by atoms with E-state index in [1.165, 1.54) is 17.4 Å². The number of hydrogen-bond acceptors (Lipinski definition) is 7. The van der Waals surface area contributed by atoms with Crippen LogP contribution in [0.5, 0.6) is 0 Å². The maximum atomic E-state index is 12.4. The minimum absolute atomic E-state index is 0.0290. The predicted molar refractivity (Wildman–Crippen MR) is 98.6 cm³/mol. The maximum Gasteiger partial charge on any atom is 0.293 e. The number of aromatic nitrogens is 1. The Morgan fingerprint density at radius 2 is 2.08 bits per heavy atom. The maximum absolute atomic E-state index is 12.4. The van der Waals surface area contributed by atoms with Crippen LogP contribution in [0.2, 0.25) is 0 Å². The Labute approximate surface area is 153 Å². The minimum atomic E-state index is -0.486. The van der Waals surface area contributed by atoms with E-state index in [4.69, 9.17) is 9.15 Å². The second kappa shape index (κ2) is 7.36. The molecule has 1 aliphatic heterocycles. The van der Waals surface area contributed by atoms with Gasteiger partial charge in [0, 0.05) is 31.1 Å². The fraction of sp³-hybridized carbons (Fsp3) is 0.278. The smallest absolute Gasteiger partial charge is 0.293 e. The van der Waals surface area contributed by atoms with E-state index in [2.05, 4.69) is 15.2 Å². The average Bonchev–Trinajstić information content (AvgIpc) is 3.09. The van der Waals surface area contributed by atoms with Gasteiger partial charge >= 0.3 is 0 Å². The number of carbonyl (C=O) groups is 1. The highest BCUT2D eigenvalue weighted by Crippen LogP contribution is 2.19. The van der Waals surface area contributed by atoms with Crippen molar-refractivity contribution in [3.05, 3.63) is 57.4 Å². The van der Waals surface area contributed by atoms with E-state index in [0.717, 1.165) is 38.5 Å². The molecule has 0 unspecified atom stereocenters. The largest absolute Gasteiger partial charge is 0.451 e. The molecule has 4 rings (SSSR count). The molecule has 1 fully saturated rings. The third-order valence-electron chi connectivity index (χ3n) is 4.12. The van der Waals surface area contributed by atoms with Crippen LogP contribution in [0.1, 0.15) is 16.2 Å². The predicted octanol–water partition coefficient (Wildman–Crippen LogP) is 2.33. The number of fused-ring (bicyclic) bond motifs is 1. The molecular weight excluding hydrogens is 354 g/mol. The molecule has 8 heteroatoms. The zero-order valence-electron chi connectivity index (χ0n) is 13.9. The van der Waals surface area contributed by atoms with Crippen LogP contribution in [0, 0.1) is 0 Å². The first-order valence-electron chi connectivity index (χ1n) is 8.28. The molecule has 1 amide bonds. The fourth-order valence-corrected chi connectivity index (χ4v) is 3.50. The summed E-state index contributed by atoms with van der Waals surface area (Å²) in [6.07, 6.45) is 0. The number of nitrogens with one attached hydrogen (secondary N) is 1. The summed E-state index contributed by atoms with van der Waals surface area (Å²) in [5.41, 5.74) is 1.04. The third kappa shape index (κ3) is 3.67. The van der Waals surface area contributed by atoms with Crippen molar-refractivity contribution < 1.29 is 13.9 Å². The highest BCUT2D eigenvalue weighted by Gasteiger charge is 2.16. The van der Waals surface area contributed by atoms with Gasteiger partial charge in [0.2, 0.25) is 0 Å². The van der Waals surface area contributed by atoms with Gasteiger partial charge in [-0.25, -0.2) is 4.98 Å². The zero-order chi connectivity index (χ0) is 17.9. The second-order valence-corrected chi connectivity index (χ2v) is 6.82. The van der Waals surface area contributed by atoms with Crippen LogP contribution < -0.4 is 10.7 Å². The number of thiazole rings is 1. The first-order chi connectivity index (χ1) is 12.7. The molecule has 0 spiro atoms. The number of ether oxygens (including phenoxy) is 1. The topological polar surface area (TPSA) is 84.7 Å². The van der Waals surface area contributed by atoms with Crippen molar-refractivity contribution in [1.82, 2.24) is 9.88 Å². The van der Waals surface area contributed by atoms with E-state index in [-0.39, 0.29) is 11.2 Å². The van der Waals surface area contributed by atoms with Crippen molar-refractivity contribution in [3.8, 4) is 0 Å². The van der Waals surface area contributed by atoms with Gasteiger partial charge in [-0.1, -0.05) is 12.1 Å². The number of benzene rings is 1. The molecule has 1 aromatic carbocycles. The molecule has 0 atom stereocenters. The van der Waals surface area contributed by atoms with Gasteiger partial charge in [0.1, 0.15) is 5.58 Å². The number of rotatable bonds is 4. The number of amides is 1. The lowest BCUT2D eigenvalue weighted by Crippen LogP contribution is -2.35. The van der Waals surface area contributed by atoms with E-state index in [1.54, 1.807) is 24.3 Å². The normalized spacial score (nSPS) is 15.2. The summed E-state index contributed by atoms with van der Waals surface area (Å²) in [6.45, 7) is 3.94. The van der Waals surface area contributed by atoms with Gasteiger partial charge in [0.25, 0.3) is 5.91 Å². The molecule has 3 heterocycles. The van der Waals surface area contributed by atoms with Gasteiger partial charge in [-0.05, 0) is 12.1 Å². The van der Waals surface area contributed by atoms with Crippen LogP contribution in [0.25, 0.3) is 11.0 Å². The molecule has 3 aromatic rings. The van der Waals surface area contributed by atoms with Crippen LogP contribution in [0.4, 0.5) is 5.13 Å². The number of hydrogen-bond donors (Lipinski definition) is 1. The summed E-state index contributed by atoms with van der Waals surface area (Å²) in [7, 11) is 0. The van der Waals surface area contributed by atoms with E-state index in [0.29, 0.717) is 16.1 Å². The number of carbonyl (C=O) groups excluding carboxylic acids is 1. The Kier molecular flexibility index (Phi) is 4.79. The lowest BCUT2D eigenvalue weighted by atomic mass is 10.2. The Balaban J connectivity index is 1.47. The Bertz CT molecular complexity index is 991. The molecular formula is C18H17N3O4S. The van der Waals surface area contributed by atoms with Crippen molar-refractivity contribution >= 4 is 33.3 Å². The third-order valence-corrected chi connectivity index (χ3v) is 4.93. The summed E-state index contributed by atoms with van der Waals surface area (Å²) in [5.74, 6) is -0.515. The Morgan fingerprint density at radius 3 is 2.92 bits per heavy atom. The van der Waals surface area contributed by atoms with Gasteiger partial charge < -0.3 is 9.15 Å². The molecule has 0 saturated carbocycles. The van der Waals surface area contributed by atoms with Crippen molar-refractivity contribution in [1.29, 1.82) is 0 Å². The monoisotopic (exact) mass is 371 g/mol. The lowest BCUT2D eigenvalue weighted by Gasteiger charge is -2.25. The molecule has 1 N–H and O–H groups in total. The van der Waals surface area contributed by atoms with Crippen molar-refractivity contribution in [2.75, 3.05) is 31.6 Å². The van der Waals surface area contributed by atoms with Crippen LogP contribution in [0.3, 0.4) is 0 Å². The molecule has 0 bridgehead atoms. The first kappa shape index (κ1) is 16.9. The van der Waals surface area contributed by atoms with Crippen LogP contribution in [-0.4, -0.2) is 42.1 Å². The van der Waals surface area contributed by atoms with Crippen LogP contribution >= 0.6 is 11.3 Å². The van der Waals surface area contributed by atoms with E-state index in [9.17, 15) is 9.59 Å². The molecule has 0 aliphatic carbocycles. The standard InChI is InChI=1S/C18H17N3O4S/c22-14-9-16(25-15-4-2-1-3-13(14)15)17(23)20-18-19-12(11-26-18)10-21-5-7-24-8-6-21/h1-4,9,11H,5-8,10H2,(H,19,20,23). The summed E-state index contributed by atoms with van der Waals surface area (Å²) in [5, 5.41) is 5.55. The number of nitrogens with zero attached hydrogens (tertiary/aromatic N) is 2. The summed E-state index contributed by atoms with van der Waals surface area (Å²) in [6, 6.07) is 8.05. The summed E-state index contributed by atoms with van der Waals surface area (Å²) in [4.78, 5) is 31.2. The van der Waals surface area contributed by atoms with Crippen molar-refractivity contribution in [2.24, 2.45) is 0 Å². The zero-order valence-corrected chi connectivity index (χ0v) is 14.8.